The highest BCUT2D eigenvalue weighted by molar-refractivity contribution is 5.74. The molecule has 0 N–H and O–H groups in total. The van der Waals surface area contributed by atoms with Crippen molar-refractivity contribution in [1.82, 2.24) is 4.90 Å². The molecule has 1 aliphatic heterocycles. The van der Waals surface area contributed by atoms with E-state index < -0.39 is 0 Å². The molecule has 18 heavy (non-hydrogen) atoms. The van der Waals surface area contributed by atoms with Gasteiger partial charge in [-0.25, -0.2) is 0 Å². The number of rotatable bonds is 3. The van der Waals surface area contributed by atoms with Gasteiger partial charge in [0.1, 0.15) is 0 Å². The molecular formula is C15H21NO2. The summed E-state index contributed by atoms with van der Waals surface area (Å²) < 4.78 is 5.19. The molecule has 3 heteroatoms. The van der Waals surface area contributed by atoms with E-state index in [1.165, 1.54) is 11.1 Å². The Kier molecular flexibility index (Phi) is 4.02. The number of hydrogen-bond acceptors (Lipinski definition) is 3. The third kappa shape index (κ3) is 2.72. The van der Waals surface area contributed by atoms with Crippen LogP contribution >= 0.6 is 0 Å². The molecule has 0 aromatic heterocycles. The van der Waals surface area contributed by atoms with Crippen LogP contribution in [-0.2, 0) is 9.53 Å². The van der Waals surface area contributed by atoms with Gasteiger partial charge in [0.2, 0.25) is 0 Å². The summed E-state index contributed by atoms with van der Waals surface area (Å²) in [5, 5.41) is 0. The molecule has 0 saturated carbocycles. The molecule has 1 aromatic carbocycles. The summed E-state index contributed by atoms with van der Waals surface area (Å²) in [7, 11) is 2.06. The highest BCUT2D eigenvalue weighted by Gasteiger charge is 2.37. The summed E-state index contributed by atoms with van der Waals surface area (Å²) >= 11 is 0. The van der Waals surface area contributed by atoms with Gasteiger partial charge in [-0.2, -0.15) is 0 Å². The standard InChI is InChI=1S/C15H21NO2/c1-4-18-15(17)14-10-16(3)9-13(14)12-7-5-6-11(2)8-12/h5-8,13-14H,4,9-10H2,1-3H3. The maximum Gasteiger partial charge on any atom is 0.310 e. The van der Waals surface area contributed by atoms with Crippen molar-refractivity contribution in [3.05, 3.63) is 35.4 Å². The van der Waals surface area contributed by atoms with E-state index in [4.69, 9.17) is 4.74 Å². The van der Waals surface area contributed by atoms with Crippen LogP contribution in [0.5, 0.6) is 0 Å². The fraction of sp³-hybridized carbons (Fsp3) is 0.533. The highest BCUT2D eigenvalue weighted by atomic mass is 16.5. The molecule has 1 aromatic rings. The van der Waals surface area contributed by atoms with Gasteiger partial charge in [-0.05, 0) is 26.5 Å². The molecule has 0 amide bonds. The monoisotopic (exact) mass is 247 g/mol. The van der Waals surface area contributed by atoms with Crippen LogP contribution in [0.3, 0.4) is 0 Å². The molecule has 3 nitrogen and oxygen atoms in total. The van der Waals surface area contributed by atoms with Crippen molar-refractivity contribution in [2.24, 2.45) is 5.92 Å². The van der Waals surface area contributed by atoms with Gasteiger partial charge < -0.3 is 9.64 Å². The number of carbonyl (C=O) groups is 1. The van der Waals surface area contributed by atoms with Crippen LogP contribution < -0.4 is 0 Å². The van der Waals surface area contributed by atoms with E-state index in [1.54, 1.807) is 0 Å². The van der Waals surface area contributed by atoms with Gasteiger partial charge in [-0.15, -0.1) is 0 Å². The summed E-state index contributed by atoms with van der Waals surface area (Å²) in [4.78, 5) is 14.2. The average molecular weight is 247 g/mol. The lowest BCUT2D eigenvalue weighted by Gasteiger charge is -2.17. The summed E-state index contributed by atoms with van der Waals surface area (Å²) in [6, 6.07) is 8.44. The summed E-state index contributed by atoms with van der Waals surface area (Å²) in [5.41, 5.74) is 2.49. The number of ether oxygens (including phenoxy) is 1. The lowest BCUT2D eigenvalue weighted by Crippen LogP contribution is -2.24. The molecule has 2 atom stereocenters. The van der Waals surface area contributed by atoms with Gasteiger partial charge in [0.25, 0.3) is 0 Å². The second-order valence-electron chi connectivity index (χ2n) is 5.10. The molecule has 0 spiro atoms. The first-order valence-corrected chi connectivity index (χ1v) is 6.53. The number of aryl methyl sites for hydroxylation is 1. The first-order valence-electron chi connectivity index (χ1n) is 6.53. The number of benzene rings is 1. The molecule has 98 valence electrons. The first kappa shape index (κ1) is 13.1. The van der Waals surface area contributed by atoms with Crippen LogP contribution in [-0.4, -0.2) is 37.6 Å². The quantitative estimate of drug-likeness (QED) is 0.767. The van der Waals surface area contributed by atoms with Gasteiger partial charge in [-0.1, -0.05) is 29.8 Å². The topological polar surface area (TPSA) is 29.5 Å². The second kappa shape index (κ2) is 5.53. The SMILES string of the molecule is CCOC(=O)C1CN(C)CC1c1cccc(C)c1. The Hall–Kier alpha value is -1.35. The zero-order valence-corrected chi connectivity index (χ0v) is 11.3. The third-order valence-electron chi connectivity index (χ3n) is 3.56. The van der Waals surface area contributed by atoms with E-state index in [-0.39, 0.29) is 17.8 Å². The van der Waals surface area contributed by atoms with Crippen molar-refractivity contribution in [2.75, 3.05) is 26.7 Å². The minimum atomic E-state index is -0.0617. The van der Waals surface area contributed by atoms with Crippen molar-refractivity contribution in [2.45, 2.75) is 19.8 Å². The number of likely N-dealkylation sites (N-methyl/N-ethyl adjacent to an activating group) is 1. The van der Waals surface area contributed by atoms with E-state index in [0.29, 0.717) is 6.61 Å². The number of esters is 1. The number of hydrogen-bond donors (Lipinski definition) is 0. The minimum absolute atomic E-state index is 0.0308. The molecule has 2 unspecified atom stereocenters. The maximum absolute atomic E-state index is 12.0. The molecule has 0 bridgehead atoms. The van der Waals surface area contributed by atoms with Gasteiger partial charge in [0.15, 0.2) is 0 Å². The summed E-state index contributed by atoms with van der Waals surface area (Å²) in [6.07, 6.45) is 0. The van der Waals surface area contributed by atoms with E-state index >= 15 is 0 Å². The van der Waals surface area contributed by atoms with Crippen LogP contribution in [0.4, 0.5) is 0 Å². The predicted molar refractivity (Wildman–Crippen MR) is 71.5 cm³/mol. The third-order valence-corrected chi connectivity index (χ3v) is 3.56. The normalized spacial score (nSPS) is 24.2. The van der Waals surface area contributed by atoms with Crippen LogP contribution in [0.25, 0.3) is 0 Å². The Morgan fingerprint density at radius 2 is 2.22 bits per heavy atom. The fourth-order valence-corrected chi connectivity index (χ4v) is 2.73. The zero-order valence-electron chi connectivity index (χ0n) is 11.3. The molecule has 2 rings (SSSR count). The van der Waals surface area contributed by atoms with Crippen LogP contribution in [0, 0.1) is 12.8 Å². The van der Waals surface area contributed by atoms with Crippen molar-refractivity contribution in [3.63, 3.8) is 0 Å². The molecule has 1 aliphatic rings. The Bertz CT molecular complexity index is 430. The maximum atomic E-state index is 12.0. The van der Waals surface area contributed by atoms with E-state index in [2.05, 4.69) is 43.1 Å². The van der Waals surface area contributed by atoms with Crippen LogP contribution in [0.2, 0.25) is 0 Å². The molecule has 0 radical (unpaired) electrons. The molecule has 1 saturated heterocycles. The van der Waals surface area contributed by atoms with Gasteiger partial charge in [-0.3, -0.25) is 4.79 Å². The van der Waals surface area contributed by atoms with Crippen LogP contribution in [0.1, 0.15) is 24.0 Å². The Morgan fingerprint density at radius 3 is 2.89 bits per heavy atom. The Labute approximate surface area is 109 Å². The van der Waals surface area contributed by atoms with E-state index in [0.717, 1.165) is 13.1 Å². The van der Waals surface area contributed by atoms with Crippen molar-refractivity contribution >= 4 is 5.97 Å². The highest BCUT2D eigenvalue weighted by Crippen LogP contribution is 2.33. The van der Waals surface area contributed by atoms with Gasteiger partial charge >= 0.3 is 5.97 Å². The van der Waals surface area contributed by atoms with Crippen molar-refractivity contribution in [3.8, 4) is 0 Å². The Morgan fingerprint density at radius 1 is 1.44 bits per heavy atom. The fourth-order valence-electron chi connectivity index (χ4n) is 2.73. The molecular weight excluding hydrogens is 226 g/mol. The van der Waals surface area contributed by atoms with Crippen LogP contribution in [0.15, 0.2) is 24.3 Å². The molecule has 0 aliphatic carbocycles. The largest absolute Gasteiger partial charge is 0.466 e. The van der Waals surface area contributed by atoms with E-state index in [9.17, 15) is 4.79 Å². The zero-order chi connectivity index (χ0) is 13.1. The number of carbonyl (C=O) groups excluding carboxylic acids is 1. The summed E-state index contributed by atoms with van der Waals surface area (Å²) in [6.45, 7) is 6.11. The van der Waals surface area contributed by atoms with E-state index in [1.807, 2.05) is 6.92 Å². The number of nitrogens with zero attached hydrogens (tertiary/aromatic N) is 1. The van der Waals surface area contributed by atoms with Gasteiger partial charge in [0.05, 0.1) is 12.5 Å². The lowest BCUT2D eigenvalue weighted by molar-refractivity contribution is -0.147. The smallest absolute Gasteiger partial charge is 0.310 e. The average Bonchev–Trinajstić information content (AvgIpc) is 2.72. The first-order chi connectivity index (χ1) is 8.61. The lowest BCUT2D eigenvalue weighted by atomic mass is 9.88. The van der Waals surface area contributed by atoms with Crippen molar-refractivity contribution < 1.29 is 9.53 Å². The second-order valence-corrected chi connectivity index (χ2v) is 5.10. The minimum Gasteiger partial charge on any atom is -0.466 e. The van der Waals surface area contributed by atoms with Crippen molar-refractivity contribution in [1.29, 1.82) is 0 Å². The Balaban J connectivity index is 2.21. The summed E-state index contributed by atoms with van der Waals surface area (Å²) in [5.74, 6) is 0.166. The molecule has 1 heterocycles. The number of likely N-dealkylation sites (tertiary alicyclic amines) is 1. The molecule has 1 fully saturated rings. The van der Waals surface area contributed by atoms with Gasteiger partial charge in [0, 0.05) is 19.0 Å². The predicted octanol–water partition coefficient (Wildman–Crippen LogP) is 2.20.